The van der Waals surface area contributed by atoms with Crippen LogP contribution in [0.1, 0.15) is 17.0 Å². The maximum absolute atomic E-state index is 5.23. The van der Waals surface area contributed by atoms with Crippen molar-refractivity contribution in [1.29, 1.82) is 0 Å². The molecule has 0 saturated carbocycles. The minimum Gasteiger partial charge on any atom is -0.253 e. The second-order valence-electron chi connectivity index (χ2n) is 12.1. The molecule has 0 N–H and O–H groups in total. The first kappa shape index (κ1) is 28.5. The van der Waals surface area contributed by atoms with E-state index in [1.54, 1.807) is 0 Å². The molecule has 3 heterocycles. The summed E-state index contributed by atoms with van der Waals surface area (Å²) < 4.78 is 0. The second kappa shape index (κ2) is 11.7. The Morgan fingerprint density at radius 1 is 0.362 bits per heavy atom. The summed E-state index contributed by atoms with van der Waals surface area (Å²) in [5.41, 5.74) is 11.7. The molecule has 47 heavy (non-hydrogen) atoms. The van der Waals surface area contributed by atoms with Gasteiger partial charge in [0.1, 0.15) is 0 Å². The van der Waals surface area contributed by atoms with Crippen molar-refractivity contribution in [3.63, 3.8) is 0 Å². The van der Waals surface area contributed by atoms with E-state index in [0.717, 1.165) is 67.4 Å². The van der Waals surface area contributed by atoms with Gasteiger partial charge in [-0.2, -0.15) is 0 Å². The molecule has 0 fully saturated rings. The largest absolute Gasteiger partial charge is 0.253 e. The highest BCUT2D eigenvalue weighted by molar-refractivity contribution is 6.13. The quantitative estimate of drug-likeness (QED) is 0.183. The van der Waals surface area contributed by atoms with Gasteiger partial charge in [-0.25, -0.2) is 9.97 Å². The van der Waals surface area contributed by atoms with Crippen LogP contribution in [-0.2, 0) is 0 Å². The number of pyridine rings is 2. The molecular weight excluding hydrogens is 573 g/mol. The summed E-state index contributed by atoms with van der Waals surface area (Å²) in [5, 5.41) is 4.78. The lowest BCUT2D eigenvalue weighted by atomic mass is 9.94. The Morgan fingerprint density at radius 3 is 1.55 bits per heavy atom. The first-order valence-electron chi connectivity index (χ1n) is 15.9. The first-order chi connectivity index (χ1) is 23.0. The van der Waals surface area contributed by atoms with Crippen LogP contribution >= 0.6 is 0 Å². The lowest BCUT2D eigenvalue weighted by molar-refractivity contribution is 1.18. The molecule has 0 aliphatic heterocycles. The minimum atomic E-state index is 0.684. The van der Waals surface area contributed by atoms with E-state index >= 15 is 0 Å². The molecule has 4 nitrogen and oxygen atoms in total. The average molecular weight is 605 g/mol. The molecular formula is C43H32N4. The van der Waals surface area contributed by atoms with E-state index in [-0.39, 0.29) is 0 Å². The molecule has 3 aromatic heterocycles. The zero-order valence-corrected chi connectivity index (χ0v) is 26.6. The third-order valence-corrected chi connectivity index (χ3v) is 8.68. The summed E-state index contributed by atoms with van der Waals surface area (Å²) >= 11 is 0. The molecule has 0 saturated heterocycles. The van der Waals surface area contributed by atoms with Crippen molar-refractivity contribution in [2.45, 2.75) is 20.8 Å². The van der Waals surface area contributed by atoms with E-state index in [9.17, 15) is 0 Å². The van der Waals surface area contributed by atoms with E-state index < -0.39 is 0 Å². The van der Waals surface area contributed by atoms with Gasteiger partial charge in [0.15, 0.2) is 5.82 Å². The van der Waals surface area contributed by atoms with Crippen LogP contribution in [0.4, 0.5) is 0 Å². The smallest absolute Gasteiger partial charge is 0.160 e. The molecule has 5 aromatic carbocycles. The van der Waals surface area contributed by atoms with Gasteiger partial charge in [-0.1, -0.05) is 90.5 Å². The third kappa shape index (κ3) is 5.55. The monoisotopic (exact) mass is 604 g/mol. The Hall–Kier alpha value is -6.00. The number of benzene rings is 5. The van der Waals surface area contributed by atoms with Crippen molar-refractivity contribution in [2.75, 3.05) is 0 Å². The fourth-order valence-electron chi connectivity index (χ4n) is 6.31. The molecule has 0 radical (unpaired) electrons. The fraction of sp³-hybridized carbons (Fsp3) is 0.0698. The SMILES string of the molecule is Cc1ccc(-c2nc(-c3cc(-c4cccc(C)n4)cc(-c4cccc(C)n4)c3)cc(-c3cc4ccccc4c4ccccc34)n2)cc1. The molecule has 0 atom stereocenters. The van der Waals surface area contributed by atoms with Crippen molar-refractivity contribution in [2.24, 2.45) is 0 Å². The highest BCUT2D eigenvalue weighted by Gasteiger charge is 2.16. The Labute approximate surface area is 274 Å². The zero-order chi connectivity index (χ0) is 31.9. The number of rotatable bonds is 5. The maximum atomic E-state index is 5.23. The number of hydrogen-bond donors (Lipinski definition) is 0. The first-order valence-corrected chi connectivity index (χ1v) is 15.9. The molecule has 0 bridgehead atoms. The standard InChI is InChI=1S/C43H32N4/c1-27-18-20-30(21-19-27)43-46-41(26-42(47-43)38-25-31-12-4-5-13-35(31)36-14-6-7-15-37(36)38)34-23-32(39-16-8-10-28(2)44-39)22-33(24-34)40-17-9-11-29(3)45-40/h4-26H,1-3H3. The number of nitrogens with zero attached hydrogens (tertiary/aromatic N) is 4. The molecule has 8 rings (SSSR count). The molecule has 0 unspecified atom stereocenters. The molecule has 8 aromatic rings. The van der Waals surface area contributed by atoms with Crippen LogP contribution in [0.2, 0.25) is 0 Å². The van der Waals surface area contributed by atoms with Crippen molar-refractivity contribution in [3.05, 3.63) is 156 Å². The molecule has 0 amide bonds. The van der Waals surface area contributed by atoms with E-state index in [1.807, 2.05) is 26.0 Å². The molecule has 0 aliphatic rings. The van der Waals surface area contributed by atoms with Crippen LogP contribution in [0, 0.1) is 20.8 Å². The number of fused-ring (bicyclic) bond motifs is 3. The highest BCUT2D eigenvalue weighted by atomic mass is 14.9. The summed E-state index contributed by atoms with van der Waals surface area (Å²) in [6, 6.07) is 48.8. The Bertz CT molecular complexity index is 2380. The van der Waals surface area contributed by atoms with Crippen LogP contribution in [0.15, 0.2) is 140 Å². The number of aryl methyl sites for hydroxylation is 3. The van der Waals surface area contributed by atoms with Gasteiger partial charge in [0.05, 0.1) is 22.8 Å². The molecule has 4 heteroatoms. The van der Waals surface area contributed by atoms with Crippen LogP contribution in [0.3, 0.4) is 0 Å². The van der Waals surface area contributed by atoms with Gasteiger partial charge in [-0.15, -0.1) is 0 Å². The van der Waals surface area contributed by atoms with E-state index in [4.69, 9.17) is 19.9 Å². The van der Waals surface area contributed by atoms with E-state index in [1.165, 1.54) is 21.7 Å². The number of hydrogen-bond acceptors (Lipinski definition) is 4. The zero-order valence-electron chi connectivity index (χ0n) is 26.6. The predicted molar refractivity (Wildman–Crippen MR) is 194 cm³/mol. The Kier molecular flexibility index (Phi) is 7.11. The lowest BCUT2D eigenvalue weighted by Crippen LogP contribution is -1.98. The topological polar surface area (TPSA) is 51.6 Å². The highest BCUT2D eigenvalue weighted by Crippen LogP contribution is 2.38. The van der Waals surface area contributed by atoms with Crippen molar-refractivity contribution < 1.29 is 0 Å². The van der Waals surface area contributed by atoms with E-state index in [2.05, 4.69) is 134 Å². The number of aromatic nitrogens is 4. The van der Waals surface area contributed by atoms with Crippen LogP contribution < -0.4 is 0 Å². The maximum Gasteiger partial charge on any atom is 0.160 e. The van der Waals surface area contributed by atoms with E-state index in [0.29, 0.717) is 5.82 Å². The normalized spacial score (nSPS) is 11.3. The Morgan fingerprint density at radius 2 is 0.915 bits per heavy atom. The third-order valence-electron chi connectivity index (χ3n) is 8.68. The summed E-state index contributed by atoms with van der Waals surface area (Å²) in [7, 11) is 0. The molecule has 0 spiro atoms. The Balaban J connectivity index is 1.41. The minimum absolute atomic E-state index is 0.684. The van der Waals surface area contributed by atoms with Gasteiger partial charge in [0.25, 0.3) is 0 Å². The van der Waals surface area contributed by atoms with Gasteiger partial charge in [-0.3, -0.25) is 9.97 Å². The van der Waals surface area contributed by atoms with Crippen LogP contribution in [-0.4, -0.2) is 19.9 Å². The summed E-state index contributed by atoms with van der Waals surface area (Å²) in [5.74, 6) is 0.684. The van der Waals surface area contributed by atoms with Crippen LogP contribution in [0.25, 0.3) is 78.0 Å². The van der Waals surface area contributed by atoms with Gasteiger partial charge < -0.3 is 0 Å². The second-order valence-corrected chi connectivity index (χ2v) is 12.1. The van der Waals surface area contributed by atoms with Crippen molar-refractivity contribution in [3.8, 4) is 56.4 Å². The van der Waals surface area contributed by atoms with Crippen molar-refractivity contribution in [1.82, 2.24) is 19.9 Å². The fourth-order valence-corrected chi connectivity index (χ4v) is 6.31. The predicted octanol–water partition coefficient (Wildman–Crippen LogP) is 10.8. The molecule has 0 aliphatic carbocycles. The summed E-state index contributed by atoms with van der Waals surface area (Å²) in [6.07, 6.45) is 0. The van der Waals surface area contributed by atoms with Crippen LogP contribution in [0.5, 0.6) is 0 Å². The van der Waals surface area contributed by atoms with Gasteiger partial charge >= 0.3 is 0 Å². The lowest BCUT2D eigenvalue weighted by Gasteiger charge is -2.15. The average Bonchev–Trinajstić information content (AvgIpc) is 3.11. The summed E-state index contributed by atoms with van der Waals surface area (Å²) in [6.45, 7) is 6.14. The molecule has 224 valence electrons. The summed E-state index contributed by atoms with van der Waals surface area (Å²) in [4.78, 5) is 20.2. The van der Waals surface area contributed by atoms with Gasteiger partial charge in [0.2, 0.25) is 0 Å². The van der Waals surface area contributed by atoms with Gasteiger partial charge in [0, 0.05) is 39.2 Å². The van der Waals surface area contributed by atoms with Crippen molar-refractivity contribution >= 4 is 21.5 Å². The van der Waals surface area contributed by atoms with Gasteiger partial charge in [-0.05, 0) is 96.9 Å².